The minimum Gasteiger partial charge on any atom is -0.354 e. The van der Waals surface area contributed by atoms with Gasteiger partial charge in [-0.3, -0.25) is 13.9 Å². The Kier molecular flexibility index (Phi) is 10.8. The molecule has 3 aromatic carbocycles. The summed E-state index contributed by atoms with van der Waals surface area (Å²) in [7, 11) is -4.18. The summed E-state index contributed by atoms with van der Waals surface area (Å²) in [6.45, 7) is 5.78. The molecule has 0 aliphatic carbocycles. The number of carbonyl (C=O) groups is 2. The number of anilines is 1. The number of nitrogens with zero attached hydrogens (tertiary/aromatic N) is 2. The van der Waals surface area contributed by atoms with Gasteiger partial charge in [-0.1, -0.05) is 85.1 Å². The Hall–Kier alpha value is -3.07. The first-order valence-corrected chi connectivity index (χ1v) is 14.9. The third-order valence-electron chi connectivity index (χ3n) is 6.17. The Morgan fingerprint density at radius 3 is 2.26 bits per heavy atom. The molecule has 0 radical (unpaired) electrons. The summed E-state index contributed by atoms with van der Waals surface area (Å²) in [5.41, 5.74) is 2.02. The van der Waals surface area contributed by atoms with Crippen molar-refractivity contribution in [3.63, 3.8) is 0 Å². The minimum absolute atomic E-state index is 0.0156. The quantitative estimate of drug-likeness (QED) is 0.288. The highest BCUT2D eigenvalue weighted by molar-refractivity contribution is 7.92. The van der Waals surface area contributed by atoms with Crippen LogP contribution in [0.1, 0.15) is 37.8 Å². The fourth-order valence-corrected chi connectivity index (χ4v) is 5.90. The van der Waals surface area contributed by atoms with Crippen LogP contribution in [-0.4, -0.2) is 44.3 Å². The van der Waals surface area contributed by atoms with Crippen LogP contribution in [0.15, 0.2) is 77.7 Å². The maximum atomic E-state index is 14.0. The van der Waals surface area contributed by atoms with E-state index in [4.69, 9.17) is 23.2 Å². The number of nitrogens with one attached hydrogen (secondary N) is 1. The number of rotatable bonds is 12. The van der Waals surface area contributed by atoms with Crippen molar-refractivity contribution in [1.82, 2.24) is 10.2 Å². The smallest absolute Gasteiger partial charge is 0.264 e. The third-order valence-corrected chi connectivity index (χ3v) is 8.70. The van der Waals surface area contributed by atoms with Gasteiger partial charge in [-0.25, -0.2) is 8.42 Å². The standard InChI is InChI=1S/C29H33Cl2N3O4S/c1-4-16-32-29(36)27(5-2)33(19-22-11-9-10-21(3)17-22)28(35)20-34(23-14-15-25(30)26(31)18-23)39(37,38)24-12-7-6-8-13-24/h6-15,17-18,27H,4-5,16,19-20H2,1-3H3,(H,32,36). The fraction of sp³-hybridized carbons (Fsp3) is 0.310. The lowest BCUT2D eigenvalue weighted by atomic mass is 10.1. The topological polar surface area (TPSA) is 86.8 Å². The highest BCUT2D eigenvalue weighted by Gasteiger charge is 2.33. The van der Waals surface area contributed by atoms with E-state index in [1.807, 2.05) is 45.0 Å². The maximum absolute atomic E-state index is 14.0. The number of sulfonamides is 1. The number of aryl methyl sites for hydroxylation is 1. The van der Waals surface area contributed by atoms with Crippen molar-refractivity contribution in [2.45, 2.75) is 51.1 Å². The summed E-state index contributed by atoms with van der Waals surface area (Å²) in [6, 6.07) is 19.1. The maximum Gasteiger partial charge on any atom is 0.264 e. The first kappa shape index (κ1) is 30.5. The molecule has 0 heterocycles. The lowest BCUT2D eigenvalue weighted by Crippen LogP contribution is -2.52. The zero-order valence-corrected chi connectivity index (χ0v) is 24.6. The summed E-state index contributed by atoms with van der Waals surface area (Å²) in [4.78, 5) is 28.6. The summed E-state index contributed by atoms with van der Waals surface area (Å²) < 4.78 is 28.6. The summed E-state index contributed by atoms with van der Waals surface area (Å²) in [5, 5.41) is 3.28. The highest BCUT2D eigenvalue weighted by Crippen LogP contribution is 2.31. The molecule has 3 aromatic rings. The largest absolute Gasteiger partial charge is 0.354 e. The molecule has 7 nitrogen and oxygen atoms in total. The van der Waals surface area contributed by atoms with Gasteiger partial charge in [0.1, 0.15) is 12.6 Å². The van der Waals surface area contributed by atoms with Gasteiger partial charge < -0.3 is 10.2 Å². The molecule has 0 fully saturated rings. The van der Waals surface area contributed by atoms with Gasteiger partial charge in [0.15, 0.2) is 0 Å². The molecule has 39 heavy (non-hydrogen) atoms. The molecule has 0 aliphatic heterocycles. The van der Waals surface area contributed by atoms with Crippen LogP contribution in [-0.2, 0) is 26.2 Å². The van der Waals surface area contributed by atoms with E-state index in [1.54, 1.807) is 18.2 Å². The predicted octanol–water partition coefficient (Wildman–Crippen LogP) is 5.83. The van der Waals surface area contributed by atoms with Gasteiger partial charge in [-0.05, 0) is 55.7 Å². The van der Waals surface area contributed by atoms with Crippen molar-refractivity contribution in [3.8, 4) is 0 Å². The van der Waals surface area contributed by atoms with Gasteiger partial charge in [0.2, 0.25) is 11.8 Å². The van der Waals surface area contributed by atoms with Crippen molar-refractivity contribution >= 4 is 50.7 Å². The highest BCUT2D eigenvalue weighted by atomic mass is 35.5. The molecule has 0 saturated heterocycles. The number of halogens is 2. The molecule has 208 valence electrons. The third kappa shape index (κ3) is 7.75. The minimum atomic E-state index is -4.18. The van der Waals surface area contributed by atoms with E-state index in [2.05, 4.69) is 5.32 Å². The number of carbonyl (C=O) groups excluding carboxylic acids is 2. The van der Waals surface area contributed by atoms with E-state index in [9.17, 15) is 18.0 Å². The fourth-order valence-electron chi connectivity index (χ4n) is 4.18. The van der Waals surface area contributed by atoms with Crippen LogP contribution in [0.2, 0.25) is 10.0 Å². The number of hydrogen-bond acceptors (Lipinski definition) is 4. The van der Waals surface area contributed by atoms with Crippen molar-refractivity contribution in [1.29, 1.82) is 0 Å². The molecule has 2 amide bonds. The molecule has 0 saturated carbocycles. The lowest BCUT2D eigenvalue weighted by Gasteiger charge is -2.33. The number of hydrogen-bond donors (Lipinski definition) is 1. The Morgan fingerprint density at radius 2 is 1.64 bits per heavy atom. The van der Waals surface area contributed by atoms with Crippen molar-refractivity contribution in [3.05, 3.63) is 94.0 Å². The van der Waals surface area contributed by atoms with Gasteiger partial charge in [0.25, 0.3) is 10.0 Å². The van der Waals surface area contributed by atoms with Crippen LogP contribution in [0.25, 0.3) is 0 Å². The normalized spacial score (nSPS) is 12.0. The average molecular weight is 591 g/mol. The first-order chi connectivity index (χ1) is 18.6. The molecule has 0 bridgehead atoms. The molecular formula is C29H33Cl2N3O4S. The van der Waals surface area contributed by atoms with E-state index in [1.165, 1.54) is 35.2 Å². The lowest BCUT2D eigenvalue weighted by molar-refractivity contribution is -0.140. The van der Waals surface area contributed by atoms with Crippen LogP contribution in [0.5, 0.6) is 0 Å². The number of benzene rings is 3. The van der Waals surface area contributed by atoms with E-state index in [0.717, 1.165) is 21.9 Å². The van der Waals surface area contributed by atoms with Crippen LogP contribution in [0, 0.1) is 6.92 Å². The van der Waals surface area contributed by atoms with Crippen LogP contribution in [0.3, 0.4) is 0 Å². The van der Waals surface area contributed by atoms with Crippen LogP contribution >= 0.6 is 23.2 Å². The Labute approximate surface area is 240 Å². The zero-order chi connectivity index (χ0) is 28.6. The number of amides is 2. The molecule has 10 heteroatoms. The Morgan fingerprint density at radius 1 is 0.923 bits per heavy atom. The van der Waals surface area contributed by atoms with Gasteiger partial charge in [0, 0.05) is 13.1 Å². The summed E-state index contributed by atoms with van der Waals surface area (Å²) in [6.07, 6.45) is 1.10. The molecule has 0 aliphatic rings. The van der Waals surface area contributed by atoms with E-state index in [-0.39, 0.29) is 33.1 Å². The van der Waals surface area contributed by atoms with Gasteiger partial charge in [0.05, 0.1) is 20.6 Å². The summed E-state index contributed by atoms with van der Waals surface area (Å²) >= 11 is 12.3. The van der Waals surface area contributed by atoms with Gasteiger partial charge in [-0.15, -0.1) is 0 Å². The monoisotopic (exact) mass is 589 g/mol. The second kappa shape index (κ2) is 13.8. The molecule has 3 rings (SSSR count). The SMILES string of the molecule is CCCNC(=O)C(CC)N(Cc1cccc(C)c1)C(=O)CN(c1ccc(Cl)c(Cl)c1)S(=O)(=O)c1ccccc1. The Bertz CT molecular complexity index is 1400. The molecule has 1 unspecified atom stereocenters. The molecule has 0 aromatic heterocycles. The molecular weight excluding hydrogens is 557 g/mol. The zero-order valence-electron chi connectivity index (χ0n) is 22.2. The van der Waals surface area contributed by atoms with E-state index < -0.39 is 28.5 Å². The van der Waals surface area contributed by atoms with Crippen LogP contribution in [0.4, 0.5) is 5.69 Å². The van der Waals surface area contributed by atoms with Gasteiger partial charge in [-0.2, -0.15) is 0 Å². The van der Waals surface area contributed by atoms with Gasteiger partial charge >= 0.3 is 0 Å². The van der Waals surface area contributed by atoms with Crippen molar-refractivity contribution in [2.75, 3.05) is 17.4 Å². The summed E-state index contributed by atoms with van der Waals surface area (Å²) in [5.74, 6) is -0.812. The molecule has 1 atom stereocenters. The predicted molar refractivity (Wildman–Crippen MR) is 157 cm³/mol. The van der Waals surface area contributed by atoms with Crippen molar-refractivity contribution in [2.24, 2.45) is 0 Å². The first-order valence-electron chi connectivity index (χ1n) is 12.7. The van der Waals surface area contributed by atoms with Crippen molar-refractivity contribution < 1.29 is 18.0 Å². The second-order valence-electron chi connectivity index (χ2n) is 9.15. The average Bonchev–Trinajstić information content (AvgIpc) is 2.92. The molecule has 1 N–H and O–H groups in total. The van der Waals surface area contributed by atoms with Crippen LogP contribution < -0.4 is 9.62 Å². The van der Waals surface area contributed by atoms with E-state index >= 15 is 0 Å². The second-order valence-corrected chi connectivity index (χ2v) is 11.8. The Balaban J connectivity index is 2.06. The van der Waals surface area contributed by atoms with E-state index in [0.29, 0.717) is 13.0 Å². The molecule has 0 spiro atoms.